The topological polar surface area (TPSA) is 67.8 Å². The number of benzene rings is 1. The molecule has 1 rings (SSSR count). The van der Waals surface area contributed by atoms with Crippen molar-refractivity contribution in [2.24, 2.45) is 16.8 Å². The Kier molecular flexibility index (Phi) is 7.75. The second-order valence-electron chi connectivity index (χ2n) is 5.22. The van der Waals surface area contributed by atoms with Gasteiger partial charge in [0, 0.05) is 12.2 Å². The highest BCUT2D eigenvalue weighted by atomic mass is 19.1. The van der Waals surface area contributed by atoms with Gasteiger partial charge in [-0.15, -0.1) is 0 Å². The summed E-state index contributed by atoms with van der Waals surface area (Å²) < 4.78 is 19.0. The van der Waals surface area contributed by atoms with Crippen molar-refractivity contribution in [3.05, 3.63) is 35.1 Å². The molecule has 5 heteroatoms. The average molecular weight is 296 g/mol. The normalized spacial score (nSPS) is 13.4. The quantitative estimate of drug-likeness (QED) is 0.316. The Morgan fingerprint density at radius 3 is 2.81 bits per heavy atom. The largest absolute Gasteiger partial charge is 0.409 e. The second-order valence-corrected chi connectivity index (χ2v) is 5.22. The Morgan fingerprint density at radius 1 is 1.43 bits per heavy atom. The molecule has 1 unspecified atom stereocenters. The van der Waals surface area contributed by atoms with E-state index < -0.39 is 5.82 Å². The number of ether oxygens (including phenoxy) is 1. The lowest BCUT2D eigenvalue weighted by Gasteiger charge is -2.15. The van der Waals surface area contributed by atoms with Gasteiger partial charge in [-0.2, -0.15) is 0 Å². The summed E-state index contributed by atoms with van der Waals surface area (Å²) in [4.78, 5) is 0. The number of halogens is 1. The van der Waals surface area contributed by atoms with Crippen LogP contribution >= 0.6 is 0 Å². The predicted octanol–water partition coefficient (Wildman–Crippen LogP) is 3.65. The molecule has 0 aliphatic rings. The molecule has 0 amide bonds. The molecule has 0 heterocycles. The molecule has 1 aromatic rings. The summed E-state index contributed by atoms with van der Waals surface area (Å²) in [5, 5.41) is 11.7. The Bertz CT molecular complexity index is 464. The molecule has 0 fully saturated rings. The highest BCUT2D eigenvalue weighted by Crippen LogP contribution is 2.16. The van der Waals surface area contributed by atoms with Gasteiger partial charge in [-0.05, 0) is 30.0 Å². The van der Waals surface area contributed by atoms with E-state index in [1.165, 1.54) is 25.0 Å². The number of amidine groups is 1. The van der Waals surface area contributed by atoms with Crippen LogP contribution in [-0.2, 0) is 11.3 Å². The van der Waals surface area contributed by atoms with Gasteiger partial charge in [-0.1, -0.05) is 44.3 Å². The fourth-order valence-corrected chi connectivity index (χ4v) is 2.20. The zero-order valence-electron chi connectivity index (χ0n) is 12.8. The summed E-state index contributed by atoms with van der Waals surface area (Å²) in [5.74, 6) is 0.0126. The maximum atomic E-state index is 13.3. The molecule has 0 bridgehead atoms. The van der Waals surface area contributed by atoms with Gasteiger partial charge in [0.1, 0.15) is 5.82 Å². The van der Waals surface area contributed by atoms with Crippen LogP contribution in [-0.4, -0.2) is 17.6 Å². The number of hydrogen-bond acceptors (Lipinski definition) is 3. The van der Waals surface area contributed by atoms with Crippen molar-refractivity contribution in [3.8, 4) is 0 Å². The summed E-state index contributed by atoms with van der Waals surface area (Å²) in [6.45, 7) is 5.33. The van der Waals surface area contributed by atoms with Gasteiger partial charge >= 0.3 is 0 Å². The molecule has 1 aromatic carbocycles. The lowest BCUT2D eigenvalue weighted by molar-refractivity contribution is 0.0818. The van der Waals surface area contributed by atoms with Gasteiger partial charge in [-0.25, -0.2) is 4.39 Å². The van der Waals surface area contributed by atoms with Crippen LogP contribution in [0, 0.1) is 11.7 Å². The number of nitrogens with two attached hydrogens (primary N) is 1. The highest BCUT2D eigenvalue weighted by Gasteiger charge is 2.11. The molecule has 0 saturated carbocycles. The van der Waals surface area contributed by atoms with E-state index in [0.717, 1.165) is 18.4 Å². The first kappa shape index (κ1) is 17.4. The Hall–Kier alpha value is -1.62. The summed E-state index contributed by atoms with van der Waals surface area (Å²) in [7, 11) is 0. The smallest absolute Gasteiger partial charge is 0.170 e. The number of unbranched alkanes of at least 4 members (excludes halogenated alkanes) is 1. The fourth-order valence-electron chi connectivity index (χ4n) is 2.20. The zero-order chi connectivity index (χ0) is 15.7. The molecule has 0 aliphatic heterocycles. The SMILES string of the molecule is CCCCC(CC)COCc1ccc(F)cc1C(N)=NO. The molecular formula is C16H25FN2O2. The highest BCUT2D eigenvalue weighted by molar-refractivity contribution is 5.98. The lowest BCUT2D eigenvalue weighted by atomic mass is 10.0. The van der Waals surface area contributed by atoms with Gasteiger partial charge in [-0.3, -0.25) is 0 Å². The van der Waals surface area contributed by atoms with E-state index in [2.05, 4.69) is 19.0 Å². The van der Waals surface area contributed by atoms with Gasteiger partial charge in [0.25, 0.3) is 0 Å². The first-order valence-corrected chi connectivity index (χ1v) is 7.46. The van der Waals surface area contributed by atoms with E-state index in [4.69, 9.17) is 15.7 Å². The van der Waals surface area contributed by atoms with E-state index in [1.807, 2.05) is 0 Å². The summed E-state index contributed by atoms with van der Waals surface area (Å²) in [5.41, 5.74) is 6.66. The standard InChI is InChI=1S/C16H25FN2O2/c1-3-5-6-12(4-2)10-21-11-13-7-8-14(17)9-15(13)16(18)19-20/h7-9,12,20H,3-6,10-11H2,1-2H3,(H2,18,19). The van der Waals surface area contributed by atoms with E-state index in [-0.39, 0.29) is 5.84 Å². The lowest BCUT2D eigenvalue weighted by Crippen LogP contribution is -2.17. The molecular weight excluding hydrogens is 271 g/mol. The van der Waals surface area contributed by atoms with Crippen molar-refractivity contribution in [1.82, 2.24) is 0 Å². The van der Waals surface area contributed by atoms with E-state index in [9.17, 15) is 4.39 Å². The van der Waals surface area contributed by atoms with Crippen molar-refractivity contribution in [1.29, 1.82) is 0 Å². The molecule has 118 valence electrons. The van der Waals surface area contributed by atoms with Crippen LogP contribution in [0.1, 0.15) is 50.7 Å². The summed E-state index contributed by atoms with van der Waals surface area (Å²) in [6, 6.07) is 4.21. The van der Waals surface area contributed by atoms with Crippen molar-refractivity contribution < 1.29 is 14.3 Å². The van der Waals surface area contributed by atoms with Crippen LogP contribution in [0.3, 0.4) is 0 Å². The molecule has 21 heavy (non-hydrogen) atoms. The van der Waals surface area contributed by atoms with Gasteiger partial charge in [0.05, 0.1) is 6.61 Å². The Labute approximate surface area is 125 Å². The van der Waals surface area contributed by atoms with Crippen LogP contribution in [0.4, 0.5) is 4.39 Å². The zero-order valence-corrected chi connectivity index (χ0v) is 12.8. The monoisotopic (exact) mass is 296 g/mol. The van der Waals surface area contributed by atoms with Gasteiger partial charge < -0.3 is 15.7 Å². The first-order valence-electron chi connectivity index (χ1n) is 7.46. The molecule has 3 N–H and O–H groups in total. The first-order chi connectivity index (χ1) is 10.1. The molecule has 0 radical (unpaired) electrons. The molecule has 1 atom stereocenters. The number of rotatable bonds is 9. The molecule has 0 aliphatic carbocycles. The van der Waals surface area contributed by atoms with Crippen LogP contribution in [0.2, 0.25) is 0 Å². The van der Waals surface area contributed by atoms with Crippen LogP contribution < -0.4 is 5.73 Å². The number of hydrogen-bond donors (Lipinski definition) is 2. The molecule has 4 nitrogen and oxygen atoms in total. The second kappa shape index (κ2) is 9.34. The van der Waals surface area contributed by atoms with E-state index >= 15 is 0 Å². The van der Waals surface area contributed by atoms with Crippen LogP contribution in [0.15, 0.2) is 23.4 Å². The van der Waals surface area contributed by atoms with Crippen molar-refractivity contribution in [3.63, 3.8) is 0 Å². The van der Waals surface area contributed by atoms with Crippen molar-refractivity contribution in [2.75, 3.05) is 6.61 Å². The van der Waals surface area contributed by atoms with Gasteiger partial charge in [0.2, 0.25) is 0 Å². The Morgan fingerprint density at radius 2 is 2.19 bits per heavy atom. The molecule has 0 saturated heterocycles. The summed E-state index contributed by atoms with van der Waals surface area (Å²) >= 11 is 0. The minimum absolute atomic E-state index is 0.105. The third-order valence-corrected chi connectivity index (χ3v) is 3.61. The predicted molar refractivity (Wildman–Crippen MR) is 81.9 cm³/mol. The van der Waals surface area contributed by atoms with E-state index in [1.54, 1.807) is 6.07 Å². The minimum Gasteiger partial charge on any atom is -0.409 e. The minimum atomic E-state index is -0.422. The van der Waals surface area contributed by atoms with Crippen LogP contribution in [0.5, 0.6) is 0 Å². The number of nitrogens with zero attached hydrogens (tertiary/aromatic N) is 1. The van der Waals surface area contributed by atoms with Crippen LogP contribution in [0.25, 0.3) is 0 Å². The molecule has 0 spiro atoms. The average Bonchev–Trinajstić information content (AvgIpc) is 2.51. The van der Waals surface area contributed by atoms with Crippen molar-refractivity contribution in [2.45, 2.75) is 46.1 Å². The third-order valence-electron chi connectivity index (χ3n) is 3.61. The number of oxime groups is 1. The maximum Gasteiger partial charge on any atom is 0.170 e. The molecule has 0 aromatic heterocycles. The third kappa shape index (κ3) is 5.71. The maximum absolute atomic E-state index is 13.3. The fraction of sp³-hybridized carbons (Fsp3) is 0.562. The van der Waals surface area contributed by atoms with E-state index in [0.29, 0.717) is 24.7 Å². The van der Waals surface area contributed by atoms with Crippen molar-refractivity contribution >= 4 is 5.84 Å². The summed E-state index contributed by atoms with van der Waals surface area (Å²) in [6.07, 6.45) is 4.62. The van der Waals surface area contributed by atoms with Gasteiger partial charge in [0.15, 0.2) is 5.84 Å². The Balaban J connectivity index is 2.62.